The van der Waals surface area contributed by atoms with E-state index >= 15 is 0 Å². The number of nitro benzene ring substituents is 1. The molecule has 1 aliphatic heterocycles. The average molecular weight is 394 g/mol. The summed E-state index contributed by atoms with van der Waals surface area (Å²) in [5, 5.41) is 15.2. The van der Waals surface area contributed by atoms with Crippen LogP contribution in [0.4, 0.5) is 17.2 Å². The molecule has 1 aromatic heterocycles. The van der Waals surface area contributed by atoms with Gasteiger partial charge in [-0.1, -0.05) is 12.1 Å². The summed E-state index contributed by atoms with van der Waals surface area (Å²) < 4.78 is 11.1. The minimum Gasteiger partial charge on any atom is -0.481 e. The first kappa shape index (κ1) is 18.8. The molecule has 0 amide bonds. The summed E-state index contributed by atoms with van der Waals surface area (Å²) in [6.45, 7) is 2.46. The molecule has 2 heterocycles. The van der Waals surface area contributed by atoms with Crippen LogP contribution in [0.2, 0.25) is 0 Å². The molecule has 1 N–H and O–H groups in total. The Balaban J connectivity index is 1.73. The maximum Gasteiger partial charge on any atom is 0.311 e. The third kappa shape index (κ3) is 3.99. The van der Waals surface area contributed by atoms with Gasteiger partial charge in [0, 0.05) is 29.8 Å². The number of nitro groups is 1. The normalized spacial score (nSPS) is 16.0. The quantitative estimate of drug-likeness (QED) is 0.382. The van der Waals surface area contributed by atoms with Gasteiger partial charge in [-0.05, 0) is 19.1 Å². The van der Waals surface area contributed by atoms with Crippen LogP contribution in [0, 0.1) is 10.1 Å². The lowest BCUT2D eigenvalue weighted by atomic mass is 10.1. The number of carbonyl (C=O) groups excluding carboxylic acids is 1. The number of fused-ring (bicyclic) bond motifs is 1. The van der Waals surface area contributed by atoms with Gasteiger partial charge < -0.3 is 14.8 Å². The van der Waals surface area contributed by atoms with Crippen LogP contribution in [0.1, 0.15) is 23.7 Å². The van der Waals surface area contributed by atoms with Crippen LogP contribution in [-0.4, -0.2) is 40.0 Å². The standard InChI is InChI=1S/C20H18N4O5/c1-12(25)13-3-2-4-14(7-13)23-20-16-8-18(24(26)27)19(9-17(16)21-11-22-20)29-15-5-6-28-10-15/h2-4,7-9,11,15H,5-6,10H2,1H3,(H,21,22,23). The molecule has 1 fully saturated rings. The van der Waals surface area contributed by atoms with Crippen LogP contribution < -0.4 is 10.1 Å². The van der Waals surface area contributed by atoms with Crippen molar-refractivity contribution in [1.29, 1.82) is 0 Å². The molecule has 4 rings (SSSR count). The van der Waals surface area contributed by atoms with Crippen molar-refractivity contribution in [3.63, 3.8) is 0 Å². The van der Waals surface area contributed by atoms with Gasteiger partial charge in [0.25, 0.3) is 0 Å². The van der Waals surface area contributed by atoms with Crippen molar-refractivity contribution < 1.29 is 19.2 Å². The topological polar surface area (TPSA) is 116 Å². The fourth-order valence-corrected chi connectivity index (χ4v) is 3.15. The van der Waals surface area contributed by atoms with Crippen molar-refractivity contribution in [2.24, 2.45) is 0 Å². The van der Waals surface area contributed by atoms with Crippen molar-refractivity contribution in [2.75, 3.05) is 18.5 Å². The second kappa shape index (κ2) is 7.80. The van der Waals surface area contributed by atoms with Crippen molar-refractivity contribution in [3.8, 4) is 5.75 Å². The molecule has 0 aliphatic carbocycles. The zero-order valence-electron chi connectivity index (χ0n) is 15.6. The summed E-state index contributed by atoms with van der Waals surface area (Å²) in [4.78, 5) is 31.2. The molecule has 1 unspecified atom stereocenters. The van der Waals surface area contributed by atoms with E-state index in [1.165, 1.54) is 19.3 Å². The van der Waals surface area contributed by atoms with E-state index in [0.717, 1.165) is 0 Å². The number of ether oxygens (including phenoxy) is 2. The first-order valence-corrected chi connectivity index (χ1v) is 9.07. The largest absolute Gasteiger partial charge is 0.481 e. The third-order valence-electron chi connectivity index (χ3n) is 4.63. The van der Waals surface area contributed by atoms with Crippen LogP contribution in [0.15, 0.2) is 42.7 Å². The van der Waals surface area contributed by atoms with Gasteiger partial charge in [0.1, 0.15) is 18.2 Å². The monoisotopic (exact) mass is 394 g/mol. The van der Waals surface area contributed by atoms with E-state index in [4.69, 9.17) is 9.47 Å². The highest BCUT2D eigenvalue weighted by Gasteiger charge is 2.24. The molecule has 1 saturated heterocycles. The Morgan fingerprint density at radius 3 is 2.90 bits per heavy atom. The lowest BCUT2D eigenvalue weighted by molar-refractivity contribution is -0.385. The molecular formula is C20H18N4O5. The number of hydrogen-bond donors (Lipinski definition) is 1. The Labute approximate surface area is 165 Å². The molecule has 0 bridgehead atoms. The first-order valence-electron chi connectivity index (χ1n) is 9.07. The molecule has 3 aromatic rings. The Morgan fingerprint density at radius 1 is 1.31 bits per heavy atom. The van der Waals surface area contributed by atoms with Gasteiger partial charge in [-0.2, -0.15) is 0 Å². The molecule has 0 saturated carbocycles. The van der Waals surface area contributed by atoms with Crippen LogP contribution in [0.5, 0.6) is 5.75 Å². The minimum atomic E-state index is -0.488. The Kier molecular flexibility index (Phi) is 5.05. The highest BCUT2D eigenvalue weighted by atomic mass is 16.6. The zero-order valence-corrected chi connectivity index (χ0v) is 15.6. The fraction of sp³-hybridized carbons (Fsp3) is 0.250. The van der Waals surface area contributed by atoms with Gasteiger partial charge in [-0.15, -0.1) is 0 Å². The summed E-state index contributed by atoms with van der Waals surface area (Å²) in [5.41, 5.74) is 1.53. The van der Waals surface area contributed by atoms with Crippen LogP contribution >= 0.6 is 0 Å². The van der Waals surface area contributed by atoms with Gasteiger partial charge in [0.15, 0.2) is 11.5 Å². The van der Waals surface area contributed by atoms with Crippen LogP contribution in [0.25, 0.3) is 10.9 Å². The van der Waals surface area contributed by atoms with E-state index in [1.807, 2.05) is 0 Å². The van der Waals surface area contributed by atoms with Gasteiger partial charge in [0.2, 0.25) is 0 Å². The van der Waals surface area contributed by atoms with E-state index in [9.17, 15) is 14.9 Å². The summed E-state index contributed by atoms with van der Waals surface area (Å²) in [7, 11) is 0. The molecule has 1 atom stereocenters. The minimum absolute atomic E-state index is 0.0606. The molecule has 2 aromatic carbocycles. The van der Waals surface area contributed by atoms with E-state index in [0.29, 0.717) is 47.6 Å². The summed E-state index contributed by atoms with van der Waals surface area (Å²) >= 11 is 0. The molecule has 9 heteroatoms. The summed E-state index contributed by atoms with van der Waals surface area (Å²) in [6, 6.07) is 9.89. The second-order valence-electron chi connectivity index (χ2n) is 6.68. The maximum atomic E-state index is 11.6. The number of nitrogens with one attached hydrogen (secondary N) is 1. The van der Waals surface area contributed by atoms with Crippen LogP contribution in [-0.2, 0) is 4.74 Å². The smallest absolute Gasteiger partial charge is 0.311 e. The van der Waals surface area contributed by atoms with Crippen LogP contribution in [0.3, 0.4) is 0 Å². The molecule has 1 aliphatic rings. The second-order valence-corrected chi connectivity index (χ2v) is 6.68. The molecular weight excluding hydrogens is 376 g/mol. The number of ketones is 1. The van der Waals surface area contributed by atoms with Crippen molar-refractivity contribution in [3.05, 3.63) is 58.4 Å². The predicted octanol–water partition coefficient (Wildman–Crippen LogP) is 3.65. The number of aromatic nitrogens is 2. The number of hydrogen-bond acceptors (Lipinski definition) is 8. The zero-order chi connectivity index (χ0) is 20.4. The maximum absolute atomic E-state index is 11.6. The molecule has 9 nitrogen and oxygen atoms in total. The molecule has 0 spiro atoms. The number of carbonyl (C=O) groups is 1. The molecule has 29 heavy (non-hydrogen) atoms. The first-order chi connectivity index (χ1) is 14.0. The number of anilines is 2. The van der Waals surface area contributed by atoms with Gasteiger partial charge in [0.05, 0.1) is 29.0 Å². The van der Waals surface area contributed by atoms with E-state index in [-0.39, 0.29) is 23.3 Å². The van der Waals surface area contributed by atoms with Gasteiger partial charge >= 0.3 is 5.69 Å². The molecule has 148 valence electrons. The SMILES string of the molecule is CC(=O)c1cccc(Nc2ncnc3cc(OC4CCOC4)c([N+](=O)[O-])cc23)c1. The average Bonchev–Trinajstić information content (AvgIpc) is 3.21. The van der Waals surface area contributed by atoms with Gasteiger partial charge in [-0.25, -0.2) is 9.97 Å². The Bertz CT molecular complexity index is 1100. The number of Topliss-reactive ketones (excluding diaryl/α,β-unsaturated/α-hetero) is 1. The highest BCUT2D eigenvalue weighted by molar-refractivity contribution is 5.96. The number of nitrogens with zero attached hydrogens (tertiary/aromatic N) is 3. The van der Waals surface area contributed by atoms with Crippen molar-refractivity contribution in [1.82, 2.24) is 9.97 Å². The fourth-order valence-electron chi connectivity index (χ4n) is 3.15. The summed E-state index contributed by atoms with van der Waals surface area (Å²) in [6.07, 6.45) is 1.83. The van der Waals surface area contributed by atoms with E-state index in [1.54, 1.807) is 30.3 Å². The Hall–Kier alpha value is -3.59. The van der Waals surface area contributed by atoms with Crippen molar-refractivity contribution >= 4 is 33.9 Å². The number of benzene rings is 2. The summed E-state index contributed by atoms with van der Waals surface area (Å²) in [5.74, 6) is 0.491. The Morgan fingerprint density at radius 2 is 2.17 bits per heavy atom. The predicted molar refractivity (Wildman–Crippen MR) is 106 cm³/mol. The lowest BCUT2D eigenvalue weighted by Crippen LogP contribution is -2.16. The van der Waals surface area contributed by atoms with E-state index < -0.39 is 4.92 Å². The van der Waals surface area contributed by atoms with Crippen molar-refractivity contribution in [2.45, 2.75) is 19.4 Å². The lowest BCUT2D eigenvalue weighted by Gasteiger charge is -2.14. The molecule has 0 radical (unpaired) electrons. The third-order valence-corrected chi connectivity index (χ3v) is 4.63. The number of rotatable bonds is 6. The van der Waals surface area contributed by atoms with Gasteiger partial charge in [-0.3, -0.25) is 14.9 Å². The highest BCUT2D eigenvalue weighted by Crippen LogP contribution is 2.35. The van der Waals surface area contributed by atoms with E-state index in [2.05, 4.69) is 15.3 Å².